The zero-order chi connectivity index (χ0) is 20.7. The highest BCUT2D eigenvalue weighted by molar-refractivity contribution is 7.88. The minimum absolute atomic E-state index is 0.126. The van der Waals surface area contributed by atoms with Crippen LogP contribution in [0.1, 0.15) is 65.7 Å². The zero-order valence-corrected chi connectivity index (χ0v) is 18.8. The van der Waals surface area contributed by atoms with Gasteiger partial charge in [-0.3, -0.25) is 0 Å². The van der Waals surface area contributed by atoms with Crippen molar-refractivity contribution >= 4 is 16.1 Å². The van der Waals surface area contributed by atoms with Crippen molar-refractivity contribution in [3.05, 3.63) is 0 Å². The maximum absolute atomic E-state index is 12.6. The van der Waals surface area contributed by atoms with E-state index in [4.69, 9.17) is 4.74 Å². The third kappa shape index (κ3) is 7.19. The van der Waals surface area contributed by atoms with E-state index >= 15 is 0 Å². The first-order valence-electron chi connectivity index (χ1n) is 10.8. The molecule has 2 aliphatic rings. The maximum atomic E-state index is 12.6. The van der Waals surface area contributed by atoms with Gasteiger partial charge in [0.15, 0.2) is 0 Å². The number of urea groups is 1. The van der Waals surface area contributed by atoms with E-state index in [0.717, 1.165) is 38.0 Å². The highest BCUT2D eigenvalue weighted by Gasteiger charge is 2.36. The number of likely N-dealkylation sites (tertiary alicyclic amines) is 1. The molecule has 164 valence electrons. The smallest absolute Gasteiger partial charge is 0.317 e. The van der Waals surface area contributed by atoms with E-state index in [0.29, 0.717) is 25.6 Å². The Morgan fingerprint density at radius 1 is 1.18 bits per heavy atom. The number of nitrogens with zero attached hydrogens (tertiary/aromatic N) is 1. The third-order valence-corrected chi connectivity index (χ3v) is 6.83. The van der Waals surface area contributed by atoms with Gasteiger partial charge in [-0.25, -0.2) is 17.9 Å². The molecular weight excluding hydrogens is 378 g/mol. The monoisotopic (exact) mass is 417 g/mol. The molecule has 0 aromatic rings. The summed E-state index contributed by atoms with van der Waals surface area (Å²) in [6.45, 7) is 8.20. The SMILES string of the molecule is CCCNC(=O)N1CCC[C@@H](NS(C)(=O)=O)[C@H]1CO[C@H]1CC[C@@H](C(C)C)CC1. The lowest BCUT2D eigenvalue weighted by atomic mass is 9.80. The average Bonchev–Trinajstić information content (AvgIpc) is 2.64. The predicted molar refractivity (Wildman–Crippen MR) is 112 cm³/mol. The Morgan fingerprint density at radius 2 is 1.86 bits per heavy atom. The van der Waals surface area contributed by atoms with Gasteiger partial charge in [0, 0.05) is 19.1 Å². The van der Waals surface area contributed by atoms with Crippen LogP contribution in [-0.2, 0) is 14.8 Å². The molecule has 7 nitrogen and oxygen atoms in total. The van der Waals surface area contributed by atoms with Crippen molar-refractivity contribution in [1.29, 1.82) is 0 Å². The summed E-state index contributed by atoms with van der Waals surface area (Å²) < 4.78 is 32.6. The van der Waals surface area contributed by atoms with E-state index in [2.05, 4.69) is 23.9 Å². The van der Waals surface area contributed by atoms with E-state index in [1.165, 1.54) is 19.1 Å². The molecule has 2 amide bonds. The van der Waals surface area contributed by atoms with Crippen LogP contribution < -0.4 is 10.0 Å². The van der Waals surface area contributed by atoms with E-state index < -0.39 is 10.0 Å². The summed E-state index contributed by atoms with van der Waals surface area (Å²) in [5, 5.41) is 2.93. The minimum atomic E-state index is -3.35. The molecule has 8 heteroatoms. The van der Waals surface area contributed by atoms with E-state index in [9.17, 15) is 13.2 Å². The molecule has 0 aromatic carbocycles. The quantitative estimate of drug-likeness (QED) is 0.636. The first kappa shape index (κ1) is 23.4. The lowest BCUT2D eigenvalue weighted by Crippen LogP contribution is -2.60. The number of sulfonamides is 1. The Morgan fingerprint density at radius 3 is 2.43 bits per heavy atom. The Kier molecular flexibility index (Phi) is 9.02. The van der Waals surface area contributed by atoms with E-state index in [1.54, 1.807) is 4.90 Å². The van der Waals surface area contributed by atoms with Gasteiger partial charge in [-0.05, 0) is 56.8 Å². The van der Waals surface area contributed by atoms with Crippen LogP contribution in [0.4, 0.5) is 4.79 Å². The maximum Gasteiger partial charge on any atom is 0.317 e. The molecule has 0 spiro atoms. The van der Waals surface area contributed by atoms with Crippen LogP contribution in [0.15, 0.2) is 0 Å². The number of piperidine rings is 1. The van der Waals surface area contributed by atoms with Crippen LogP contribution in [0, 0.1) is 11.8 Å². The second kappa shape index (κ2) is 10.8. The van der Waals surface area contributed by atoms with Crippen molar-refractivity contribution in [2.24, 2.45) is 11.8 Å². The number of nitrogens with one attached hydrogen (secondary N) is 2. The van der Waals surface area contributed by atoms with Crippen molar-refractivity contribution in [2.45, 2.75) is 83.9 Å². The molecule has 1 heterocycles. The van der Waals surface area contributed by atoms with Gasteiger partial charge >= 0.3 is 6.03 Å². The van der Waals surface area contributed by atoms with Crippen molar-refractivity contribution in [3.63, 3.8) is 0 Å². The molecule has 2 N–H and O–H groups in total. The molecule has 0 radical (unpaired) electrons. The predicted octanol–water partition coefficient (Wildman–Crippen LogP) is 2.72. The number of rotatable bonds is 8. The number of hydrogen-bond acceptors (Lipinski definition) is 4. The van der Waals surface area contributed by atoms with Gasteiger partial charge in [-0.1, -0.05) is 20.8 Å². The number of carbonyl (C=O) groups is 1. The topological polar surface area (TPSA) is 87.7 Å². The average molecular weight is 418 g/mol. The molecule has 1 aliphatic carbocycles. The molecule has 0 aromatic heterocycles. The van der Waals surface area contributed by atoms with Crippen LogP contribution >= 0.6 is 0 Å². The Labute approximate surface area is 171 Å². The molecular formula is C20H39N3O4S. The molecule has 2 fully saturated rings. The highest BCUT2D eigenvalue weighted by atomic mass is 32.2. The van der Waals surface area contributed by atoms with E-state index in [1.807, 2.05) is 6.92 Å². The van der Waals surface area contributed by atoms with E-state index in [-0.39, 0.29) is 24.2 Å². The Bertz CT molecular complexity index is 588. The van der Waals surface area contributed by atoms with Gasteiger partial charge < -0.3 is 15.0 Å². The number of ether oxygens (including phenoxy) is 1. The first-order chi connectivity index (χ1) is 13.2. The third-order valence-electron chi connectivity index (χ3n) is 6.10. The van der Waals surface area contributed by atoms with Crippen LogP contribution in [0.2, 0.25) is 0 Å². The van der Waals surface area contributed by atoms with Gasteiger partial charge in [-0.15, -0.1) is 0 Å². The van der Waals surface area contributed by atoms with Gasteiger partial charge in [0.1, 0.15) is 0 Å². The molecule has 0 bridgehead atoms. The van der Waals surface area contributed by atoms with Gasteiger partial charge in [-0.2, -0.15) is 0 Å². The van der Waals surface area contributed by atoms with Crippen molar-refractivity contribution < 1.29 is 17.9 Å². The fraction of sp³-hybridized carbons (Fsp3) is 0.950. The molecule has 2 atom stereocenters. The summed E-state index contributed by atoms with van der Waals surface area (Å²) in [6.07, 6.45) is 8.19. The van der Waals surface area contributed by atoms with Crippen LogP contribution in [-0.4, -0.2) is 63.5 Å². The van der Waals surface area contributed by atoms with Crippen LogP contribution in [0.25, 0.3) is 0 Å². The summed E-state index contributed by atoms with van der Waals surface area (Å²) in [7, 11) is -3.35. The Balaban J connectivity index is 2.00. The molecule has 1 saturated carbocycles. The summed E-state index contributed by atoms with van der Waals surface area (Å²) in [5.74, 6) is 1.48. The summed E-state index contributed by atoms with van der Waals surface area (Å²) in [5.41, 5.74) is 0. The second-order valence-electron chi connectivity index (χ2n) is 8.75. The largest absolute Gasteiger partial charge is 0.376 e. The van der Waals surface area contributed by atoms with Crippen molar-refractivity contribution in [2.75, 3.05) is 26.0 Å². The minimum Gasteiger partial charge on any atom is -0.376 e. The second-order valence-corrected chi connectivity index (χ2v) is 10.5. The lowest BCUT2D eigenvalue weighted by Gasteiger charge is -2.42. The Hall–Kier alpha value is -0.860. The number of amides is 2. The number of hydrogen-bond donors (Lipinski definition) is 2. The zero-order valence-electron chi connectivity index (χ0n) is 17.9. The molecule has 0 unspecified atom stereocenters. The molecule has 2 rings (SSSR count). The summed E-state index contributed by atoms with van der Waals surface area (Å²) >= 11 is 0. The molecule has 1 saturated heterocycles. The normalized spacial score (nSPS) is 29.1. The number of carbonyl (C=O) groups excluding carboxylic acids is 1. The van der Waals surface area contributed by atoms with Crippen LogP contribution in [0.3, 0.4) is 0 Å². The fourth-order valence-corrected chi connectivity index (χ4v) is 5.24. The van der Waals surface area contributed by atoms with Crippen molar-refractivity contribution in [1.82, 2.24) is 14.9 Å². The van der Waals surface area contributed by atoms with Gasteiger partial charge in [0.2, 0.25) is 10.0 Å². The summed E-state index contributed by atoms with van der Waals surface area (Å²) in [6, 6.07) is -0.703. The first-order valence-corrected chi connectivity index (χ1v) is 12.7. The van der Waals surface area contributed by atoms with Crippen LogP contribution in [0.5, 0.6) is 0 Å². The summed E-state index contributed by atoms with van der Waals surface area (Å²) in [4.78, 5) is 14.4. The molecule has 1 aliphatic heterocycles. The standard InChI is InChI=1S/C20H39N3O4S/c1-5-12-21-20(24)23-13-6-7-18(22-28(4,25)26)19(23)14-27-17-10-8-16(9-11-17)15(2)3/h15-19,22H,5-14H2,1-4H3,(H,21,24)/t16-,17+,18-,19-/m1/s1. The highest BCUT2D eigenvalue weighted by Crippen LogP contribution is 2.31. The van der Waals surface area contributed by atoms with Gasteiger partial charge in [0.25, 0.3) is 0 Å². The fourth-order valence-electron chi connectivity index (χ4n) is 4.42. The lowest BCUT2D eigenvalue weighted by molar-refractivity contribution is -0.0240. The van der Waals surface area contributed by atoms with Crippen molar-refractivity contribution in [3.8, 4) is 0 Å². The molecule has 28 heavy (non-hydrogen) atoms. The van der Waals surface area contributed by atoms with Gasteiger partial charge in [0.05, 0.1) is 25.0 Å².